The number of rotatable bonds is 9. The maximum absolute atomic E-state index is 11.4. The Morgan fingerprint density at radius 2 is 2.16 bits per heavy atom. The van der Waals surface area contributed by atoms with E-state index in [0.717, 1.165) is 49.3 Å². The average Bonchev–Trinajstić information content (AvgIpc) is 3.25. The Balaban J connectivity index is 1.35. The molecular weight excluding hydrogens is 406 g/mol. The van der Waals surface area contributed by atoms with E-state index in [1.54, 1.807) is 18.2 Å². The molecule has 0 bridgehead atoms. The molecular formula is C24H25N5O3. The van der Waals surface area contributed by atoms with Crippen LogP contribution in [-0.4, -0.2) is 32.7 Å². The first-order chi connectivity index (χ1) is 15.6. The Bertz CT molecular complexity index is 1130. The maximum atomic E-state index is 11.4. The molecule has 8 heteroatoms. The Morgan fingerprint density at radius 1 is 1.25 bits per heavy atom. The first kappa shape index (κ1) is 21.5. The number of benzene rings is 1. The number of carbonyl (C=O) groups is 1. The number of aromatic nitrogens is 3. The van der Waals surface area contributed by atoms with Gasteiger partial charge in [-0.3, -0.25) is 4.79 Å². The van der Waals surface area contributed by atoms with E-state index in [1.165, 1.54) is 5.56 Å². The first-order valence-electron chi connectivity index (χ1n) is 10.9. The normalized spacial score (nSPS) is 13.6. The molecule has 0 fully saturated rings. The lowest BCUT2D eigenvalue weighted by molar-refractivity contribution is -0.137. The minimum atomic E-state index is -0.913. The van der Waals surface area contributed by atoms with E-state index in [0.29, 0.717) is 30.1 Å². The highest BCUT2D eigenvalue weighted by Gasteiger charge is 2.20. The summed E-state index contributed by atoms with van der Waals surface area (Å²) >= 11 is 0. The average molecular weight is 431 g/mol. The zero-order chi connectivity index (χ0) is 22.3. The molecule has 0 radical (unpaired) electrons. The van der Waals surface area contributed by atoms with E-state index >= 15 is 0 Å². The SMILES string of the molecule is N#Cc1cccc(C(CC(=O)O)Cc2nc(CCCc3ccc4c(n3)NCCC4)no2)c1. The highest BCUT2D eigenvalue weighted by Crippen LogP contribution is 2.25. The van der Waals surface area contributed by atoms with Crippen molar-refractivity contribution in [2.75, 3.05) is 11.9 Å². The van der Waals surface area contributed by atoms with Crippen molar-refractivity contribution >= 4 is 11.8 Å². The standard InChI is InChI=1S/C24H25N5O3/c25-15-16-4-1-5-18(12-16)19(14-23(30)31)13-22-28-21(29-32-22)8-2-7-20-10-9-17-6-3-11-26-24(17)27-20/h1,4-5,9-10,12,19H,2-3,6-8,11,13-14H2,(H,26,27)(H,30,31). The molecule has 3 aromatic rings. The number of fused-ring (bicyclic) bond motifs is 1. The molecule has 1 atom stereocenters. The van der Waals surface area contributed by atoms with Crippen molar-refractivity contribution in [2.45, 2.75) is 50.9 Å². The van der Waals surface area contributed by atoms with Crippen LogP contribution in [0, 0.1) is 11.3 Å². The Morgan fingerprint density at radius 3 is 3.00 bits per heavy atom. The quantitative estimate of drug-likeness (QED) is 0.526. The molecule has 0 aliphatic carbocycles. The fourth-order valence-electron chi connectivity index (χ4n) is 4.00. The first-order valence-corrected chi connectivity index (χ1v) is 10.9. The van der Waals surface area contributed by atoms with Gasteiger partial charge in [0, 0.05) is 31.0 Å². The lowest BCUT2D eigenvalue weighted by atomic mass is 9.91. The van der Waals surface area contributed by atoms with Crippen LogP contribution >= 0.6 is 0 Å². The molecule has 8 nitrogen and oxygen atoms in total. The summed E-state index contributed by atoms with van der Waals surface area (Å²) in [6.45, 7) is 0.971. The van der Waals surface area contributed by atoms with E-state index < -0.39 is 5.97 Å². The number of aliphatic carboxylic acids is 1. The van der Waals surface area contributed by atoms with Crippen LogP contribution in [0.2, 0.25) is 0 Å². The molecule has 1 aromatic carbocycles. The zero-order valence-electron chi connectivity index (χ0n) is 17.8. The zero-order valence-corrected chi connectivity index (χ0v) is 17.8. The minimum absolute atomic E-state index is 0.0787. The predicted molar refractivity (Wildman–Crippen MR) is 117 cm³/mol. The largest absolute Gasteiger partial charge is 0.481 e. The molecule has 0 spiro atoms. The van der Waals surface area contributed by atoms with Crippen LogP contribution in [0.3, 0.4) is 0 Å². The van der Waals surface area contributed by atoms with Crippen molar-refractivity contribution in [3.05, 3.63) is 70.5 Å². The van der Waals surface area contributed by atoms with Gasteiger partial charge in [-0.25, -0.2) is 4.98 Å². The summed E-state index contributed by atoms with van der Waals surface area (Å²) in [5.74, 6) is 0.756. The second-order valence-electron chi connectivity index (χ2n) is 8.03. The second-order valence-corrected chi connectivity index (χ2v) is 8.03. The van der Waals surface area contributed by atoms with Crippen LogP contribution in [0.5, 0.6) is 0 Å². The summed E-state index contributed by atoms with van der Waals surface area (Å²) < 4.78 is 5.39. The highest BCUT2D eigenvalue weighted by molar-refractivity contribution is 5.68. The predicted octanol–water partition coefficient (Wildman–Crippen LogP) is 3.67. The molecule has 2 aromatic heterocycles. The van der Waals surface area contributed by atoms with Crippen molar-refractivity contribution in [3.63, 3.8) is 0 Å². The molecule has 0 saturated heterocycles. The van der Waals surface area contributed by atoms with E-state index in [9.17, 15) is 9.90 Å². The second kappa shape index (κ2) is 10.1. The van der Waals surface area contributed by atoms with Crippen LogP contribution in [0.25, 0.3) is 0 Å². The lowest BCUT2D eigenvalue weighted by Crippen LogP contribution is -2.14. The summed E-state index contributed by atoms with van der Waals surface area (Å²) in [7, 11) is 0. The molecule has 2 N–H and O–H groups in total. The number of pyridine rings is 1. The molecule has 164 valence electrons. The van der Waals surface area contributed by atoms with Gasteiger partial charge in [0.25, 0.3) is 0 Å². The van der Waals surface area contributed by atoms with Crippen molar-refractivity contribution in [1.82, 2.24) is 15.1 Å². The molecule has 32 heavy (non-hydrogen) atoms. The maximum Gasteiger partial charge on any atom is 0.303 e. The van der Waals surface area contributed by atoms with Gasteiger partial charge < -0.3 is 14.9 Å². The van der Waals surface area contributed by atoms with Gasteiger partial charge in [-0.05, 0) is 55.0 Å². The Kier molecular flexibility index (Phi) is 6.75. The number of hydrogen-bond acceptors (Lipinski definition) is 7. The van der Waals surface area contributed by atoms with Gasteiger partial charge in [0.15, 0.2) is 5.82 Å². The highest BCUT2D eigenvalue weighted by atomic mass is 16.5. The van der Waals surface area contributed by atoms with E-state index in [2.05, 4.69) is 33.7 Å². The molecule has 1 unspecified atom stereocenters. The summed E-state index contributed by atoms with van der Waals surface area (Å²) in [5.41, 5.74) is 3.59. The minimum Gasteiger partial charge on any atom is -0.481 e. The molecule has 1 aliphatic heterocycles. The van der Waals surface area contributed by atoms with Crippen LogP contribution in [0.1, 0.15) is 59.3 Å². The fraction of sp³-hybridized carbons (Fsp3) is 0.375. The summed E-state index contributed by atoms with van der Waals surface area (Å²) in [5, 5.41) is 25.9. The number of hydrogen-bond donors (Lipinski definition) is 2. The Labute approximate surface area is 186 Å². The number of nitrogens with zero attached hydrogens (tertiary/aromatic N) is 4. The van der Waals surface area contributed by atoms with Gasteiger partial charge in [0.1, 0.15) is 5.82 Å². The number of carboxylic acid groups (broad SMARTS) is 1. The van der Waals surface area contributed by atoms with Crippen molar-refractivity contribution < 1.29 is 14.4 Å². The third-order valence-electron chi connectivity index (χ3n) is 5.62. The summed E-state index contributed by atoms with van der Waals surface area (Å²) in [4.78, 5) is 20.5. The van der Waals surface area contributed by atoms with E-state index in [-0.39, 0.29) is 12.3 Å². The number of anilines is 1. The fourth-order valence-corrected chi connectivity index (χ4v) is 4.00. The summed E-state index contributed by atoms with van der Waals surface area (Å²) in [6, 6.07) is 13.3. The summed E-state index contributed by atoms with van der Waals surface area (Å²) in [6.07, 6.45) is 4.77. The van der Waals surface area contributed by atoms with Crippen molar-refractivity contribution in [2.24, 2.45) is 0 Å². The third kappa shape index (κ3) is 5.49. The van der Waals surface area contributed by atoms with Crippen molar-refractivity contribution in [3.8, 4) is 6.07 Å². The van der Waals surface area contributed by atoms with Gasteiger partial charge in [-0.15, -0.1) is 0 Å². The van der Waals surface area contributed by atoms with Gasteiger partial charge in [-0.1, -0.05) is 23.4 Å². The van der Waals surface area contributed by atoms with Gasteiger partial charge in [-0.2, -0.15) is 10.2 Å². The van der Waals surface area contributed by atoms with Crippen LogP contribution in [-0.2, 0) is 30.5 Å². The van der Waals surface area contributed by atoms with E-state index in [1.807, 2.05) is 6.07 Å². The van der Waals surface area contributed by atoms with E-state index in [4.69, 9.17) is 14.8 Å². The molecule has 3 heterocycles. The topological polar surface area (TPSA) is 125 Å². The van der Waals surface area contributed by atoms with Crippen LogP contribution in [0.15, 0.2) is 40.9 Å². The molecule has 0 amide bonds. The monoisotopic (exact) mass is 431 g/mol. The van der Waals surface area contributed by atoms with Crippen LogP contribution in [0.4, 0.5) is 5.82 Å². The van der Waals surface area contributed by atoms with Gasteiger partial charge in [0.2, 0.25) is 5.89 Å². The molecule has 0 saturated carbocycles. The molecule has 1 aliphatic rings. The number of nitrogens with one attached hydrogen (secondary N) is 1. The number of carboxylic acids is 1. The lowest BCUT2D eigenvalue weighted by Gasteiger charge is -2.17. The Hall–Kier alpha value is -3.73. The van der Waals surface area contributed by atoms with Crippen molar-refractivity contribution in [1.29, 1.82) is 5.26 Å². The van der Waals surface area contributed by atoms with Gasteiger partial charge >= 0.3 is 5.97 Å². The smallest absolute Gasteiger partial charge is 0.303 e. The molecule has 4 rings (SSSR count). The number of aryl methyl sites for hydroxylation is 3. The van der Waals surface area contributed by atoms with Crippen LogP contribution < -0.4 is 5.32 Å². The third-order valence-corrected chi connectivity index (χ3v) is 5.62. The van der Waals surface area contributed by atoms with Gasteiger partial charge in [0.05, 0.1) is 18.1 Å². The number of nitriles is 1.